The summed E-state index contributed by atoms with van der Waals surface area (Å²) in [6.45, 7) is 2.02. The molecule has 1 aliphatic rings. The Morgan fingerprint density at radius 2 is 1.64 bits per heavy atom. The van der Waals surface area contributed by atoms with Gasteiger partial charge in [-0.25, -0.2) is 13.1 Å². The molecule has 1 aliphatic carbocycles. The zero-order chi connectivity index (χ0) is 18.0. The first-order valence-electron chi connectivity index (χ1n) is 8.25. The molecule has 0 bridgehead atoms. The molecule has 5 nitrogen and oxygen atoms in total. The number of methoxy groups -OCH3 is 2. The molecule has 25 heavy (non-hydrogen) atoms. The molecule has 1 fully saturated rings. The Morgan fingerprint density at radius 1 is 1.00 bits per heavy atom. The zero-order valence-corrected chi connectivity index (χ0v) is 15.5. The van der Waals surface area contributed by atoms with Crippen LogP contribution in [0.3, 0.4) is 0 Å². The van der Waals surface area contributed by atoms with Crippen LogP contribution in [0.2, 0.25) is 0 Å². The summed E-state index contributed by atoms with van der Waals surface area (Å²) in [5, 5.41) is 0. The van der Waals surface area contributed by atoms with Crippen LogP contribution in [0, 0.1) is 12.8 Å². The number of benzene rings is 2. The molecule has 2 aromatic carbocycles. The van der Waals surface area contributed by atoms with Crippen molar-refractivity contribution in [1.82, 2.24) is 4.72 Å². The third kappa shape index (κ3) is 3.96. The van der Waals surface area contributed by atoms with Crippen molar-refractivity contribution >= 4 is 10.0 Å². The Kier molecular flexibility index (Phi) is 5.01. The Bertz CT molecular complexity index is 842. The van der Waals surface area contributed by atoms with E-state index in [9.17, 15) is 8.42 Å². The summed E-state index contributed by atoms with van der Waals surface area (Å²) < 4.78 is 39.0. The van der Waals surface area contributed by atoms with Crippen LogP contribution in [0.1, 0.15) is 30.0 Å². The molecule has 134 valence electrons. The van der Waals surface area contributed by atoms with Crippen molar-refractivity contribution in [2.24, 2.45) is 5.92 Å². The molecule has 1 saturated carbocycles. The quantitative estimate of drug-likeness (QED) is 0.820. The Morgan fingerprint density at radius 3 is 2.20 bits per heavy atom. The van der Waals surface area contributed by atoms with E-state index < -0.39 is 10.0 Å². The highest BCUT2D eigenvalue weighted by atomic mass is 32.2. The van der Waals surface area contributed by atoms with Crippen LogP contribution in [0.4, 0.5) is 0 Å². The Balaban J connectivity index is 1.89. The second-order valence-electron chi connectivity index (χ2n) is 6.36. The van der Waals surface area contributed by atoms with E-state index in [4.69, 9.17) is 9.47 Å². The first kappa shape index (κ1) is 17.8. The van der Waals surface area contributed by atoms with Crippen molar-refractivity contribution < 1.29 is 17.9 Å². The third-order valence-electron chi connectivity index (χ3n) is 4.48. The Labute approximate surface area is 149 Å². The van der Waals surface area contributed by atoms with E-state index in [1.165, 1.54) is 26.4 Å². The van der Waals surface area contributed by atoms with Crippen LogP contribution in [0.25, 0.3) is 0 Å². The van der Waals surface area contributed by atoms with Crippen molar-refractivity contribution in [1.29, 1.82) is 0 Å². The van der Waals surface area contributed by atoms with Gasteiger partial charge in [0.1, 0.15) is 0 Å². The van der Waals surface area contributed by atoms with Gasteiger partial charge < -0.3 is 9.47 Å². The summed E-state index contributed by atoms with van der Waals surface area (Å²) in [6, 6.07) is 12.4. The maximum Gasteiger partial charge on any atom is 0.241 e. The first-order valence-corrected chi connectivity index (χ1v) is 9.74. The van der Waals surface area contributed by atoms with Gasteiger partial charge in [0.25, 0.3) is 0 Å². The zero-order valence-electron chi connectivity index (χ0n) is 14.7. The lowest BCUT2D eigenvalue weighted by molar-refractivity contribution is 0.354. The van der Waals surface area contributed by atoms with Gasteiger partial charge in [-0.2, -0.15) is 0 Å². The van der Waals surface area contributed by atoms with E-state index in [2.05, 4.69) is 4.72 Å². The number of rotatable bonds is 7. The summed E-state index contributed by atoms with van der Waals surface area (Å²) in [4.78, 5) is 0.169. The average Bonchev–Trinajstić information content (AvgIpc) is 3.45. The van der Waals surface area contributed by atoms with E-state index in [1.54, 1.807) is 6.07 Å². The van der Waals surface area contributed by atoms with Crippen molar-refractivity contribution in [2.45, 2.75) is 30.7 Å². The van der Waals surface area contributed by atoms with E-state index in [0.29, 0.717) is 17.4 Å². The number of ether oxygens (including phenoxy) is 2. The number of nitrogens with one attached hydrogen (secondary N) is 1. The molecular formula is C19H23NO4S. The fourth-order valence-electron chi connectivity index (χ4n) is 2.86. The molecule has 0 saturated heterocycles. The first-order chi connectivity index (χ1) is 11.9. The SMILES string of the molecule is COc1ccc(S(=O)(=O)N[C@H](c2ccc(C)cc2)C2CC2)cc1OC. The van der Waals surface area contributed by atoms with Crippen LogP contribution in [0.15, 0.2) is 47.4 Å². The molecule has 3 rings (SSSR count). The monoisotopic (exact) mass is 361 g/mol. The van der Waals surface area contributed by atoms with E-state index in [-0.39, 0.29) is 10.9 Å². The molecule has 0 spiro atoms. The molecule has 6 heteroatoms. The second-order valence-corrected chi connectivity index (χ2v) is 8.08. The maximum absolute atomic E-state index is 12.9. The van der Waals surface area contributed by atoms with Crippen LogP contribution in [-0.4, -0.2) is 22.6 Å². The van der Waals surface area contributed by atoms with Gasteiger partial charge in [0.05, 0.1) is 19.1 Å². The molecule has 2 aromatic rings. The minimum absolute atomic E-state index is 0.169. The number of hydrogen-bond acceptors (Lipinski definition) is 4. The topological polar surface area (TPSA) is 64.6 Å². The molecule has 0 radical (unpaired) electrons. The highest BCUT2D eigenvalue weighted by molar-refractivity contribution is 7.89. The van der Waals surface area contributed by atoms with E-state index >= 15 is 0 Å². The second kappa shape index (κ2) is 7.06. The van der Waals surface area contributed by atoms with E-state index in [1.807, 2.05) is 31.2 Å². The number of hydrogen-bond donors (Lipinski definition) is 1. The summed E-state index contributed by atoms with van der Waals surface area (Å²) in [6.07, 6.45) is 2.07. The fourth-order valence-corrected chi connectivity index (χ4v) is 4.17. The van der Waals surface area contributed by atoms with Crippen LogP contribution < -0.4 is 14.2 Å². The maximum atomic E-state index is 12.9. The molecule has 1 N–H and O–H groups in total. The van der Waals surface area contributed by atoms with Crippen LogP contribution in [-0.2, 0) is 10.0 Å². The van der Waals surface area contributed by atoms with Gasteiger partial charge in [-0.05, 0) is 43.4 Å². The summed E-state index contributed by atoms with van der Waals surface area (Å²) in [5.74, 6) is 1.24. The normalized spacial score (nSPS) is 15.6. The lowest BCUT2D eigenvalue weighted by Crippen LogP contribution is -2.30. The van der Waals surface area contributed by atoms with Gasteiger partial charge in [0.2, 0.25) is 10.0 Å². The van der Waals surface area contributed by atoms with Crippen molar-refractivity contribution in [3.8, 4) is 11.5 Å². The van der Waals surface area contributed by atoms with Gasteiger partial charge in [-0.15, -0.1) is 0 Å². The predicted molar refractivity (Wildman–Crippen MR) is 96.5 cm³/mol. The largest absolute Gasteiger partial charge is 0.493 e. The lowest BCUT2D eigenvalue weighted by atomic mass is 10.0. The van der Waals surface area contributed by atoms with Gasteiger partial charge in [0.15, 0.2) is 11.5 Å². The van der Waals surface area contributed by atoms with Crippen LogP contribution in [0.5, 0.6) is 11.5 Å². The minimum Gasteiger partial charge on any atom is -0.493 e. The fraction of sp³-hybridized carbons (Fsp3) is 0.368. The van der Waals surface area contributed by atoms with Gasteiger partial charge >= 0.3 is 0 Å². The minimum atomic E-state index is -3.67. The van der Waals surface area contributed by atoms with Crippen molar-refractivity contribution in [2.75, 3.05) is 14.2 Å². The Hall–Kier alpha value is -2.05. The van der Waals surface area contributed by atoms with Crippen LogP contribution >= 0.6 is 0 Å². The molecule has 0 unspecified atom stereocenters. The van der Waals surface area contributed by atoms with Crippen molar-refractivity contribution in [3.63, 3.8) is 0 Å². The number of sulfonamides is 1. The van der Waals surface area contributed by atoms with Gasteiger partial charge in [-0.3, -0.25) is 0 Å². The molecule has 0 heterocycles. The van der Waals surface area contributed by atoms with Crippen molar-refractivity contribution in [3.05, 3.63) is 53.6 Å². The highest BCUT2D eigenvalue weighted by Crippen LogP contribution is 2.42. The molecule has 0 aromatic heterocycles. The lowest BCUT2D eigenvalue weighted by Gasteiger charge is -2.19. The molecule has 1 atom stereocenters. The van der Waals surface area contributed by atoms with Gasteiger partial charge in [-0.1, -0.05) is 29.8 Å². The standard InChI is InChI=1S/C19H23NO4S/c1-13-4-6-14(7-5-13)19(15-8-9-15)20-25(21,22)16-10-11-17(23-2)18(12-16)24-3/h4-7,10-12,15,19-20H,8-9H2,1-3H3/t19-/m1/s1. The third-order valence-corrected chi connectivity index (χ3v) is 5.92. The van der Waals surface area contributed by atoms with E-state index in [0.717, 1.165) is 24.0 Å². The highest BCUT2D eigenvalue weighted by Gasteiger charge is 2.35. The summed E-state index contributed by atoms with van der Waals surface area (Å²) in [7, 11) is -0.660. The predicted octanol–water partition coefficient (Wildman–Crippen LogP) is 3.44. The summed E-state index contributed by atoms with van der Waals surface area (Å²) in [5.41, 5.74) is 2.15. The molecule has 0 aliphatic heterocycles. The molecular weight excluding hydrogens is 338 g/mol. The smallest absolute Gasteiger partial charge is 0.241 e. The van der Waals surface area contributed by atoms with Gasteiger partial charge in [0, 0.05) is 12.1 Å². The molecule has 0 amide bonds. The average molecular weight is 361 g/mol. The summed E-state index contributed by atoms with van der Waals surface area (Å²) >= 11 is 0. The number of aryl methyl sites for hydroxylation is 1.